The number of hydrogen-bond donors (Lipinski definition) is 2. The van der Waals surface area contributed by atoms with E-state index >= 15 is 0 Å². The number of carbonyl (C=O) groups excluding carboxylic acids is 1. The van der Waals surface area contributed by atoms with Gasteiger partial charge in [-0.15, -0.1) is 12.4 Å². The average Bonchev–Trinajstić information content (AvgIpc) is 2.60. The summed E-state index contributed by atoms with van der Waals surface area (Å²) in [5.74, 6) is -0.331. The molecule has 1 heterocycles. The summed E-state index contributed by atoms with van der Waals surface area (Å²) in [7, 11) is 0. The summed E-state index contributed by atoms with van der Waals surface area (Å²) >= 11 is 5.92. The van der Waals surface area contributed by atoms with Crippen molar-refractivity contribution in [2.75, 3.05) is 39.3 Å². The topological polar surface area (TPSA) is 53.6 Å². The molecule has 1 aliphatic heterocycles. The van der Waals surface area contributed by atoms with Crippen LogP contribution in [0.15, 0.2) is 18.2 Å². The lowest BCUT2D eigenvalue weighted by Gasteiger charge is -2.35. The molecule has 0 aliphatic carbocycles. The Balaban J connectivity index is 0.00000364. The van der Waals surface area contributed by atoms with E-state index in [1.165, 1.54) is 11.0 Å². The van der Waals surface area contributed by atoms with Gasteiger partial charge in [-0.2, -0.15) is 13.2 Å². The van der Waals surface area contributed by atoms with Crippen LogP contribution in [0.25, 0.3) is 0 Å². The molecule has 154 valence electrons. The minimum atomic E-state index is -4.43. The third-order valence-corrected chi connectivity index (χ3v) is 4.31. The first-order chi connectivity index (χ1) is 12.3. The van der Waals surface area contributed by atoms with Crippen LogP contribution in [0.2, 0.25) is 5.02 Å². The maximum atomic E-state index is 13.4. The van der Waals surface area contributed by atoms with Crippen LogP contribution in [0.1, 0.15) is 23.7 Å². The van der Waals surface area contributed by atoms with Gasteiger partial charge in [0.25, 0.3) is 5.91 Å². The highest BCUT2D eigenvalue weighted by Crippen LogP contribution is 2.26. The molecule has 1 fully saturated rings. The molecule has 0 bridgehead atoms. The van der Waals surface area contributed by atoms with E-state index in [4.69, 9.17) is 16.3 Å². The molecular formula is C17H24Cl2F3N3O2. The van der Waals surface area contributed by atoms with Gasteiger partial charge in [0.15, 0.2) is 0 Å². The van der Waals surface area contributed by atoms with Crippen molar-refractivity contribution in [2.24, 2.45) is 0 Å². The fourth-order valence-electron chi connectivity index (χ4n) is 2.75. The summed E-state index contributed by atoms with van der Waals surface area (Å²) in [6.45, 7) is 3.32. The summed E-state index contributed by atoms with van der Waals surface area (Å²) in [5, 5.41) is 5.72. The van der Waals surface area contributed by atoms with Gasteiger partial charge in [0, 0.05) is 37.7 Å². The molecule has 1 aromatic rings. The summed E-state index contributed by atoms with van der Waals surface area (Å²) in [6.07, 6.45) is -3.69. The standard InChI is InChI=1S/C17H23ClF3N3O2.ClH/c1-2-9-26-14-4-3-12(18)10-13(14)16(25)23-11-15(17(19,20)21)24-7-5-22-6-8-24;/h3-4,10,15,22H,2,5-9,11H2,1H3,(H,23,25);1H. The largest absolute Gasteiger partial charge is 0.493 e. The third-order valence-electron chi connectivity index (χ3n) is 4.07. The van der Waals surface area contributed by atoms with Gasteiger partial charge in [-0.25, -0.2) is 0 Å². The second kappa shape index (κ2) is 10.9. The summed E-state index contributed by atoms with van der Waals surface area (Å²) in [5.41, 5.74) is 0.132. The van der Waals surface area contributed by atoms with E-state index in [-0.39, 0.29) is 31.1 Å². The van der Waals surface area contributed by atoms with Gasteiger partial charge in [0.1, 0.15) is 11.8 Å². The minimum Gasteiger partial charge on any atom is -0.493 e. The molecule has 2 N–H and O–H groups in total. The van der Waals surface area contributed by atoms with Crippen molar-refractivity contribution in [3.63, 3.8) is 0 Å². The van der Waals surface area contributed by atoms with Gasteiger partial charge in [-0.3, -0.25) is 9.69 Å². The Labute approximate surface area is 168 Å². The van der Waals surface area contributed by atoms with Crippen LogP contribution < -0.4 is 15.4 Å². The first-order valence-electron chi connectivity index (χ1n) is 8.55. The number of nitrogens with zero attached hydrogens (tertiary/aromatic N) is 1. The number of hydrogen-bond acceptors (Lipinski definition) is 4. The minimum absolute atomic E-state index is 0. The first kappa shape index (κ1) is 23.8. The molecule has 1 saturated heterocycles. The number of ether oxygens (including phenoxy) is 1. The van der Waals surface area contributed by atoms with Crippen LogP contribution in [0, 0.1) is 0 Å². The zero-order valence-electron chi connectivity index (χ0n) is 14.9. The summed E-state index contributed by atoms with van der Waals surface area (Å²) < 4.78 is 45.7. The predicted molar refractivity (Wildman–Crippen MR) is 101 cm³/mol. The number of nitrogens with one attached hydrogen (secondary N) is 2. The lowest BCUT2D eigenvalue weighted by molar-refractivity contribution is -0.183. The van der Waals surface area contributed by atoms with E-state index in [0.29, 0.717) is 30.5 Å². The number of rotatable bonds is 7. The number of piperazine rings is 1. The summed E-state index contributed by atoms with van der Waals surface area (Å²) in [4.78, 5) is 13.8. The van der Waals surface area contributed by atoms with Crippen LogP contribution in [0.4, 0.5) is 13.2 Å². The molecule has 27 heavy (non-hydrogen) atoms. The maximum absolute atomic E-state index is 13.4. The smallest absolute Gasteiger partial charge is 0.405 e. The molecule has 10 heteroatoms. The maximum Gasteiger partial charge on any atom is 0.405 e. The molecule has 0 aromatic heterocycles. The highest BCUT2D eigenvalue weighted by atomic mass is 35.5. The average molecular weight is 430 g/mol. The Morgan fingerprint density at radius 2 is 2.04 bits per heavy atom. The Morgan fingerprint density at radius 1 is 1.37 bits per heavy atom. The fourth-order valence-corrected chi connectivity index (χ4v) is 2.92. The van der Waals surface area contributed by atoms with Crippen LogP contribution in [0.3, 0.4) is 0 Å². The zero-order chi connectivity index (χ0) is 19.2. The predicted octanol–water partition coefficient (Wildman–Crippen LogP) is 3.12. The van der Waals surface area contributed by atoms with E-state index in [0.717, 1.165) is 6.42 Å². The Bertz CT molecular complexity index is 612. The number of alkyl halides is 3. The van der Waals surface area contributed by atoms with Gasteiger partial charge < -0.3 is 15.4 Å². The Hall–Kier alpha value is -1.22. The van der Waals surface area contributed by atoms with E-state index in [1.54, 1.807) is 12.1 Å². The van der Waals surface area contributed by atoms with E-state index in [9.17, 15) is 18.0 Å². The van der Waals surface area contributed by atoms with Crippen molar-refractivity contribution in [2.45, 2.75) is 25.6 Å². The number of amides is 1. The molecule has 2 rings (SSSR count). The van der Waals surface area contributed by atoms with Gasteiger partial charge in [-0.1, -0.05) is 18.5 Å². The zero-order valence-corrected chi connectivity index (χ0v) is 16.5. The molecule has 1 atom stereocenters. The van der Waals surface area contributed by atoms with Gasteiger partial charge in [0.2, 0.25) is 0 Å². The van der Waals surface area contributed by atoms with Gasteiger partial charge in [-0.05, 0) is 24.6 Å². The van der Waals surface area contributed by atoms with E-state index in [2.05, 4.69) is 10.6 Å². The quantitative estimate of drug-likeness (QED) is 0.698. The van der Waals surface area contributed by atoms with E-state index in [1.807, 2.05) is 6.92 Å². The monoisotopic (exact) mass is 429 g/mol. The Morgan fingerprint density at radius 3 is 2.63 bits per heavy atom. The van der Waals surface area contributed by atoms with Crippen molar-refractivity contribution in [3.05, 3.63) is 28.8 Å². The van der Waals surface area contributed by atoms with Crippen molar-refractivity contribution in [3.8, 4) is 5.75 Å². The van der Waals surface area contributed by atoms with Crippen LogP contribution in [0.5, 0.6) is 5.75 Å². The molecule has 0 spiro atoms. The van der Waals surface area contributed by atoms with Crippen LogP contribution in [-0.4, -0.2) is 62.4 Å². The van der Waals surface area contributed by atoms with Gasteiger partial charge in [0.05, 0.1) is 12.2 Å². The highest BCUT2D eigenvalue weighted by Gasteiger charge is 2.43. The van der Waals surface area contributed by atoms with Gasteiger partial charge >= 0.3 is 6.18 Å². The molecule has 0 saturated carbocycles. The van der Waals surface area contributed by atoms with Crippen LogP contribution in [-0.2, 0) is 0 Å². The van der Waals surface area contributed by atoms with Crippen molar-refractivity contribution >= 4 is 29.9 Å². The number of halogens is 5. The molecule has 5 nitrogen and oxygen atoms in total. The van der Waals surface area contributed by atoms with Crippen LogP contribution >= 0.6 is 24.0 Å². The second-order valence-electron chi connectivity index (χ2n) is 6.04. The lowest BCUT2D eigenvalue weighted by atomic mass is 10.1. The fraction of sp³-hybridized carbons (Fsp3) is 0.588. The lowest BCUT2D eigenvalue weighted by Crippen LogP contribution is -2.57. The number of carbonyl (C=O) groups is 1. The first-order valence-corrected chi connectivity index (χ1v) is 8.92. The van der Waals surface area contributed by atoms with Crippen molar-refractivity contribution in [1.29, 1.82) is 0 Å². The van der Waals surface area contributed by atoms with Crippen molar-refractivity contribution < 1.29 is 22.7 Å². The molecule has 1 unspecified atom stereocenters. The number of benzene rings is 1. The molecule has 1 aromatic carbocycles. The third kappa shape index (κ3) is 7.03. The molecule has 1 aliphatic rings. The summed E-state index contributed by atoms with van der Waals surface area (Å²) in [6, 6.07) is 2.79. The van der Waals surface area contributed by atoms with E-state index < -0.39 is 24.7 Å². The SMILES string of the molecule is CCCOc1ccc(Cl)cc1C(=O)NCC(N1CCNCC1)C(F)(F)F.Cl. The molecule has 0 radical (unpaired) electrons. The van der Waals surface area contributed by atoms with Crippen molar-refractivity contribution in [1.82, 2.24) is 15.5 Å². The Kier molecular flexibility index (Phi) is 9.66. The highest BCUT2D eigenvalue weighted by molar-refractivity contribution is 6.31. The molecular weight excluding hydrogens is 406 g/mol. The molecule has 1 amide bonds. The normalized spacial score (nSPS) is 16.3. The second-order valence-corrected chi connectivity index (χ2v) is 6.48.